The predicted octanol–water partition coefficient (Wildman–Crippen LogP) is 0.0445. The third-order valence-electron chi connectivity index (χ3n) is 4.92. The number of nitrogens with zero attached hydrogens (tertiary/aromatic N) is 3. The lowest BCUT2D eigenvalue weighted by Crippen LogP contribution is -2.47. The standard InChI is InChI=1S/C14H30N4O2S/c1-12-10-18(11-14(12)16(3)4)21(19,20)17-7-5-13(6-8-17)9-15-2/h12-15H,5-11H2,1-4H3. The van der Waals surface area contributed by atoms with E-state index in [-0.39, 0.29) is 0 Å². The molecule has 0 aromatic carbocycles. The van der Waals surface area contributed by atoms with Gasteiger partial charge in [0.05, 0.1) is 0 Å². The van der Waals surface area contributed by atoms with Crippen molar-refractivity contribution in [3.63, 3.8) is 0 Å². The first-order valence-electron chi connectivity index (χ1n) is 7.92. The molecule has 6 nitrogen and oxygen atoms in total. The summed E-state index contributed by atoms with van der Waals surface area (Å²) in [6, 6.07) is 0.321. The second-order valence-corrected chi connectivity index (χ2v) is 8.66. The molecule has 1 N–H and O–H groups in total. The molecule has 2 atom stereocenters. The van der Waals surface area contributed by atoms with Crippen LogP contribution < -0.4 is 5.32 Å². The fourth-order valence-corrected chi connectivity index (χ4v) is 5.33. The van der Waals surface area contributed by atoms with E-state index in [1.54, 1.807) is 8.61 Å². The molecule has 2 rings (SSSR count). The monoisotopic (exact) mass is 318 g/mol. The smallest absolute Gasteiger partial charge is 0.282 e. The first-order chi connectivity index (χ1) is 9.86. The third-order valence-corrected chi connectivity index (χ3v) is 6.89. The van der Waals surface area contributed by atoms with Gasteiger partial charge in [0.25, 0.3) is 10.2 Å². The molecule has 0 spiro atoms. The summed E-state index contributed by atoms with van der Waals surface area (Å²) in [5.41, 5.74) is 0. The van der Waals surface area contributed by atoms with Crippen molar-refractivity contribution in [2.24, 2.45) is 11.8 Å². The van der Waals surface area contributed by atoms with Gasteiger partial charge in [-0.15, -0.1) is 0 Å². The molecule has 0 saturated carbocycles. The zero-order valence-corrected chi connectivity index (χ0v) is 14.6. The maximum Gasteiger partial charge on any atom is 0.282 e. The van der Waals surface area contributed by atoms with Crippen LogP contribution in [0.3, 0.4) is 0 Å². The summed E-state index contributed by atoms with van der Waals surface area (Å²) < 4.78 is 28.9. The SMILES string of the molecule is CNCC1CCN(S(=O)(=O)N2CC(C)C(N(C)C)C2)CC1. The van der Waals surface area contributed by atoms with Crippen LogP contribution >= 0.6 is 0 Å². The number of likely N-dealkylation sites (N-methyl/N-ethyl adjacent to an activating group) is 1. The van der Waals surface area contributed by atoms with E-state index in [4.69, 9.17) is 0 Å². The highest BCUT2D eigenvalue weighted by atomic mass is 32.2. The highest BCUT2D eigenvalue weighted by Crippen LogP contribution is 2.27. The Morgan fingerprint density at radius 2 is 1.76 bits per heavy atom. The second-order valence-electron chi connectivity index (χ2n) is 6.73. The van der Waals surface area contributed by atoms with Gasteiger partial charge in [-0.1, -0.05) is 6.92 Å². The zero-order valence-electron chi connectivity index (χ0n) is 13.7. The lowest BCUT2D eigenvalue weighted by Gasteiger charge is -2.33. The van der Waals surface area contributed by atoms with E-state index in [1.165, 1.54) is 0 Å². The minimum absolute atomic E-state index is 0.321. The maximum absolute atomic E-state index is 12.8. The number of piperidine rings is 1. The van der Waals surface area contributed by atoms with Crippen molar-refractivity contribution < 1.29 is 8.42 Å². The minimum atomic E-state index is -3.28. The zero-order chi connectivity index (χ0) is 15.6. The van der Waals surface area contributed by atoms with Crippen molar-refractivity contribution in [2.45, 2.75) is 25.8 Å². The Hall–Kier alpha value is -0.210. The summed E-state index contributed by atoms with van der Waals surface area (Å²) in [4.78, 5) is 2.14. The highest BCUT2D eigenvalue weighted by Gasteiger charge is 2.40. The first-order valence-corrected chi connectivity index (χ1v) is 9.32. The van der Waals surface area contributed by atoms with E-state index in [0.717, 1.165) is 19.4 Å². The molecule has 0 aromatic rings. The van der Waals surface area contributed by atoms with E-state index < -0.39 is 10.2 Å². The van der Waals surface area contributed by atoms with Crippen molar-refractivity contribution in [1.29, 1.82) is 0 Å². The van der Waals surface area contributed by atoms with Gasteiger partial charge in [0.15, 0.2) is 0 Å². The molecular weight excluding hydrogens is 288 g/mol. The quantitative estimate of drug-likeness (QED) is 0.778. The van der Waals surface area contributed by atoms with Crippen molar-refractivity contribution in [3.05, 3.63) is 0 Å². The Kier molecular flexibility index (Phi) is 5.65. The van der Waals surface area contributed by atoms with Crippen LogP contribution in [0.15, 0.2) is 0 Å². The molecule has 7 heteroatoms. The third kappa shape index (κ3) is 3.76. The molecule has 0 aromatic heterocycles. The lowest BCUT2D eigenvalue weighted by molar-refractivity contribution is 0.249. The molecule has 124 valence electrons. The van der Waals surface area contributed by atoms with E-state index in [0.29, 0.717) is 44.1 Å². The number of rotatable bonds is 5. The lowest BCUT2D eigenvalue weighted by atomic mass is 9.98. The van der Waals surface area contributed by atoms with Crippen LogP contribution in [0.5, 0.6) is 0 Å². The van der Waals surface area contributed by atoms with Crippen LogP contribution in [0.25, 0.3) is 0 Å². The summed E-state index contributed by atoms with van der Waals surface area (Å²) in [5, 5.41) is 3.19. The molecule has 0 aliphatic carbocycles. The van der Waals surface area contributed by atoms with E-state index >= 15 is 0 Å². The van der Waals surface area contributed by atoms with Crippen LogP contribution in [-0.2, 0) is 10.2 Å². The molecule has 2 fully saturated rings. The molecule has 0 radical (unpaired) electrons. The van der Waals surface area contributed by atoms with Gasteiger partial charge in [-0.3, -0.25) is 0 Å². The molecule has 2 unspecified atom stereocenters. The van der Waals surface area contributed by atoms with Crippen LogP contribution in [0.2, 0.25) is 0 Å². The average molecular weight is 318 g/mol. The topological polar surface area (TPSA) is 55.9 Å². The van der Waals surface area contributed by atoms with Gasteiger partial charge in [-0.05, 0) is 52.4 Å². The Morgan fingerprint density at radius 1 is 1.14 bits per heavy atom. The van der Waals surface area contributed by atoms with Gasteiger partial charge in [0.1, 0.15) is 0 Å². The van der Waals surface area contributed by atoms with Crippen LogP contribution in [0.1, 0.15) is 19.8 Å². The van der Waals surface area contributed by atoms with Gasteiger partial charge >= 0.3 is 0 Å². The molecule has 0 amide bonds. The Labute approximate surface area is 129 Å². The summed E-state index contributed by atoms with van der Waals surface area (Å²) in [6.45, 7) is 5.70. The van der Waals surface area contributed by atoms with Gasteiger partial charge in [-0.25, -0.2) is 0 Å². The van der Waals surface area contributed by atoms with E-state index in [9.17, 15) is 8.42 Å². The van der Waals surface area contributed by atoms with Gasteiger partial charge in [0.2, 0.25) is 0 Å². The van der Waals surface area contributed by atoms with Crippen LogP contribution in [0, 0.1) is 11.8 Å². The predicted molar refractivity (Wildman–Crippen MR) is 85.4 cm³/mol. The van der Waals surface area contributed by atoms with Gasteiger partial charge < -0.3 is 10.2 Å². The molecule has 2 saturated heterocycles. The summed E-state index contributed by atoms with van der Waals surface area (Å²) in [6.07, 6.45) is 1.92. The summed E-state index contributed by atoms with van der Waals surface area (Å²) in [7, 11) is 2.73. The molecule has 2 aliphatic rings. The van der Waals surface area contributed by atoms with Gasteiger partial charge in [0, 0.05) is 32.2 Å². The highest BCUT2D eigenvalue weighted by molar-refractivity contribution is 7.86. The largest absolute Gasteiger partial charge is 0.319 e. The van der Waals surface area contributed by atoms with Crippen molar-refractivity contribution >= 4 is 10.2 Å². The first kappa shape index (κ1) is 17.1. The fraction of sp³-hybridized carbons (Fsp3) is 1.00. The van der Waals surface area contributed by atoms with Crippen molar-refractivity contribution in [2.75, 3.05) is 53.9 Å². The maximum atomic E-state index is 12.8. The normalized spacial score (nSPS) is 30.3. The van der Waals surface area contributed by atoms with Crippen LogP contribution in [0.4, 0.5) is 0 Å². The van der Waals surface area contributed by atoms with Crippen molar-refractivity contribution in [1.82, 2.24) is 18.8 Å². The molecular formula is C14H30N4O2S. The molecule has 0 bridgehead atoms. The molecule has 21 heavy (non-hydrogen) atoms. The average Bonchev–Trinajstić information content (AvgIpc) is 2.83. The fourth-order valence-electron chi connectivity index (χ4n) is 3.56. The van der Waals surface area contributed by atoms with E-state index in [2.05, 4.69) is 17.1 Å². The number of hydrogen-bond donors (Lipinski definition) is 1. The van der Waals surface area contributed by atoms with Crippen molar-refractivity contribution in [3.8, 4) is 0 Å². The summed E-state index contributed by atoms with van der Waals surface area (Å²) in [5.74, 6) is 0.991. The van der Waals surface area contributed by atoms with Gasteiger partial charge in [-0.2, -0.15) is 17.0 Å². The molecule has 2 heterocycles. The number of hydrogen-bond acceptors (Lipinski definition) is 4. The summed E-state index contributed by atoms with van der Waals surface area (Å²) >= 11 is 0. The Bertz CT molecular complexity index is 432. The molecule has 2 aliphatic heterocycles. The van der Waals surface area contributed by atoms with Crippen LogP contribution in [-0.4, -0.2) is 81.8 Å². The minimum Gasteiger partial charge on any atom is -0.319 e. The number of nitrogens with one attached hydrogen (secondary N) is 1. The Balaban J connectivity index is 1.97. The van der Waals surface area contributed by atoms with E-state index in [1.807, 2.05) is 21.1 Å². The Morgan fingerprint density at radius 3 is 2.24 bits per heavy atom. The second kappa shape index (κ2) is 6.91.